The van der Waals surface area contributed by atoms with Crippen LogP contribution in [0.25, 0.3) is 22.3 Å². The number of carbonyl (C=O) groups excluding carboxylic acids is 1. The van der Waals surface area contributed by atoms with Crippen LogP contribution in [0.2, 0.25) is 5.02 Å². The summed E-state index contributed by atoms with van der Waals surface area (Å²) >= 11 is 7.97. The van der Waals surface area contributed by atoms with Crippen molar-refractivity contribution in [1.29, 1.82) is 0 Å². The second-order valence-corrected chi connectivity index (χ2v) is 22.0. The Kier molecular flexibility index (Phi) is 17.5. The Morgan fingerprint density at radius 3 is 2.18 bits per heavy atom. The number of halogens is 1. The molecule has 2 aliphatic rings. The van der Waals surface area contributed by atoms with E-state index in [2.05, 4.69) is 65.1 Å². The van der Waals surface area contributed by atoms with Gasteiger partial charge in [-0.25, -0.2) is 8.42 Å². The van der Waals surface area contributed by atoms with Gasteiger partial charge in [-0.05, 0) is 131 Å². The third-order valence-corrected chi connectivity index (χ3v) is 16.1. The molecule has 0 aliphatic carbocycles. The molecule has 3 N–H and O–H groups in total. The summed E-state index contributed by atoms with van der Waals surface area (Å²) in [4.78, 5) is 38.2. The summed E-state index contributed by atoms with van der Waals surface area (Å²) in [6.07, 6.45) is 3.63. The van der Waals surface area contributed by atoms with Crippen LogP contribution in [0.1, 0.15) is 23.3 Å². The van der Waals surface area contributed by atoms with Crippen LogP contribution in [0, 0.1) is 10.1 Å². The van der Waals surface area contributed by atoms with Crippen LogP contribution in [0.4, 0.5) is 28.4 Å². The number of aromatic nitrogens is 1. The van der Waals surface area contributed by atoms with Crippen molar-refractivity contribution in [3.63, 3.8) is 0 Å². The molecular weight excluding hydrogens is 968 g/mol. The minimum atomic E-state index is -4.16. The third-order valence-electron chi connectivity index (χ3n) is 13.3. The van der Waals surface area contributed by atoms with E-state index in [0.29, 0.717) is 28.7 Å². The van der Waals surface area contributed by atoms with Crippen LogP contribution >= 0.6 is 23.4 Å². The van der Waals surface area contributed by atoms with E-state index in [9.17, 15) is 23.3 Å². The number of amides is 1. The summed E-state index contributed by atoms with van der Waals surface area (Å²) < 4.78 is 31.9. The number of nitrogens with one attached hydrogen (secondary N) is 3. The monoisotopic (exact) mass is 1030 g/mol. The van der Waals surface area contributed by atoms with E-state index in [1.807, 2.05) is 105 Å². The lowest BCUT2D eigenvalue weighted by molar-refractivity contribution is -0.384. The number of hydrogen-bond donors (Lipinski definition) is 3. The number of hydrogen-bond acceptors (Lipinski definition) is 12. The Labute approximate surface area is 433 Å². The molecule has 3 heterocycles. The number of aryl methyl sites for hydroxylation is 1. The first kappa shape index (κ1) is 52.2. The molecule has 8 rings (SSSR count). The molecule has 0 unspecified atom stereocenters. The molecule has 5 aromatic carbocycles. The molecule has 0 spiro atoms. The standard InChI is InChI=1S/C54H65ClN10O5S2/c1-59(2)27-24-44(39-71-47-12-6-5-7-13-47)57-50-23-22-48(37-51(50)65(67)68)72(69,70)58-43-18-20-45(21-19-43)63-32-34-64(35-33-63)46-11-8-10-41(36-46)52-49(40-14-16-42(55)17-15-40)38-61(4)53(52)54(66)56-25-9-26-62-30-28-60(3)29-31-62/h5-8,10-23,36-38,44,57-58H,9,24-35,39H2,1-4H3,(H,56,66)/t44-/m1/s1. The number of anilines is 4. The Hall–Kier alpha value is -6.08. The highest BCUT2D eigenvalue weighted by molar-refractivity contribution is 7.99. The number of carbonyl (C=O) groups is 1. The van der Waals surface area contributed by atoms with Crippen LogP contribution in [-0.4, -0.2) is 143 Å². The number of thioether (sulfide) groups is 1. The van der Waals surface area contributed by atoms with E-state index in [4.69, 9.17) is 11.6 Å². The van der Waals surface area contributed by atoms with Gasteiger partial charge in [-0.15, -0.1) is 11.8 Å². The van der Waals surface area contributed by atoms with Crippen molar-refractivity contribution in [2.75, 3.05) is 119 Å². The van der Waals surface area contributed by atoms with Crippen LogP contribution in [0.5, 0.6) is 0 Å². The summed E-state index contributed by atoms with van der Waals surface area (Å²) in [6.45, 7) is 9.45. The molecule has 0 saturated carbocycles. The van der Waals surface area contributed by atoms with Gasteiger partial charge < -0.3 is 39.7 Å². The van der Waals surface area contributed by atoms with Crippen LogP contribution < -0.4 is 25.2 Å². The Morgan fingerprint density at radius 1 is 0.806 bits per heavy atom. The Balaban J connectivity index is 0.909. The zero-order valence-electron chi connectivity index (χ0n) is 41.5. The highest BCUT2D eigenvalue weighted by Gasteiger charge is 2.27. The van der Waals surface area contributed by atoms with Gasteiger partial charge in [0.2, 0.25) is 0 Å². The first-order valence-electron chi connectivity index (χ1n) is 24.5. The molecule has 18 heteroatoms. The molecule has 0 bridgehead atoms. The molecule has 2 fully saturated rings. The van der Waals surface area contributed by atoms with Gasteiger partial charge in [-0.3, -0.25) is 19.6 Å². The van der Waals surface area contributed by atoms with Gasteiger partial charge in [-0.1, -0.05) is 54.1 Å². The highest BCUT2D eigenvalue weighted by Crippen LogP contribution is 2.39. The van der Waals surface area contributed by atoms with Crippen molar-refractivity contribution in [3.8, 4) is 22.3 Å². The number of nitrogens with zero attached hydrogens (tertiary/aromatic N) is 7. The fraction of sp³-hybridized carbons (Fsp3) is 0.352. The molecule has 72 heavy (non-hydrogen) atoms. The van der Waals surface area contributed by atoms with E-state index in [-0.39, 0.29) is 28.2 Å². The molecule has 380 valence electrons. The maximum absolute atomic E-state index is 14.1. The lowest BCUT2D eigenvalue weighted by Crippen LogP contribution is -2.46. The second kappa shape index (κ2) is 24.1. The number of nitro benzene ring substituents is 1. The molecule has 0 radical (unpaired) electrons. The fourth-order valence-electron chi connectivity index (χ4n) is 9.23. The minimum Gasteiger partial charge on any atom is -0.376 e. The summed E-state index contributed by atoms with van der Waals surface area (Å²) in [5, 5.41) is 19.6. The molecule has 6 aromatic rings. The summed E-state index contributed by atoms with van der Waals surface area (Å²) in [5.74, 6) is 0.559. The van der Waals surface area contributed by atoms with Crippen LogP contribution in [0.3, 0.4) is 0 Å². The van der Waals surface area contributed by atoms with Crippen molar-refractivity contribution in [1.82, 2.24) is 24.6 Å². The van der Waals surface area contributed by atoms with Crippen LogP contribution in [-0.2, 0) is 17.1 Å². The zero-order chi connectivity index (χ0) is 50.8. The van der Waals surface area contributed by atoms with Crippen molar-refractivity contribution in [2.45, 2.75) is 28.7 Å². The maximum Gasteiger partial charge on any atom is 0.293 e. The van der Waals surface area contributed by atoms with E-state index < -0.39 is 14.9 Å². The van der Waals surface area contributed by atoms with Crippen molar-refractivity contribution < 1.29 is 18.1 Å². The van der Waals surface area contributed by atoms with Gasteiger partial charge in [0.05, 0.1) is 9.82 Å². The zero-order valence-corrected chi connectivity index (χ0v) is 43.9. The van der Waals surface area contributed by atoms with Gasteiger partial charge in [0.25, 0.3) is 21.6 Å². The molecule has 1 atom stereocenters. The maximum atomic E-state index is 14.1. The molecule has 2 saturated heterocycles. The first-order valence-corrected chi connectivity index (χ1v) is 27.3. The molecule has 2 aliphatic heterocycles. The summed E-state index contributed by atoms with van der Waals surface area (Å²) in [7, 11) is 3.88. The largest absolute Gasteiger partial charge is 0.376 e. The summed E-state index contributed by atoms with van der Waals surface area (Å²) in [6, 6.07) is 37.2. The highest BCUT2D eigenvalue weighted by atomic mass is 35.5. The van der Waals surface area contributed by atoms with Crippen molar-refractivity contribution in [3.05, 3.63) is 148 Å². The molecule has 1 aromatic heterocycles. The normalized spacial score (nSPS) is 15.1. The van der Waals surface area contributed by atoms with E-state index in [1.54, 1.807) is 23.9 Å². The average Bonchev–Trinajstić information content (AvgIpc) is 3.74. The Morgan fingerprint density at radius 2 is 1.50 bits per heavy atom. The van der Waals surface area contributed by atoms with Gasteiger partial charge in [0, 0.05) is 128 Å². The van der Waals surface area contributed by atoms with Gasteiger partial charge in [0.15, 0.2) is 0 Å². The molecule has 1 amide bonds. The predicted octanol–water partition coefficient (Wildman–Crippen LogP) is 8.94. The third kappa shape index (κ3) is 13.5. The number of likely N-dealkylation sites (N-methyl/N-ethyl adjacent to an activating group) is 1. The van der Waals surface area contributed by atoms with E-state index >= 15 is 0 Å². The first-order chi connectivity index (χ1) is 34.7. The van der Waals surface area contributed by atoms with Gasteiger partial charge >= 0.3 is 0 Å². The van der Waals surface area contributed by atoms with Crippen molar-refractivity contribution in [2.24, 2.45) is 7.05 Å². The quantitative estimate of drug-likeness (QED) is 0.0273. The minimum absolute atomic E-state index is 0.107. The number of benzene rings is 5. The van der Waals surface area contributed by atoms with Crippen LogP contribution in [0.15, 0.2) is 137 Å². The Bertz CT molecular complexity index is 2890. The number of sulfonamides is 1. The summed E-state index contributed by atoms with van der Waals surface area (Å²) in [5.41, 5.74) is 6.64. The topological polar surface area (TPSA) is 152 Å². The predicted molar refractivity (Wildman–Crippen MR) is 295 cm³/mol. The lowest BCUT2D eigenvalue weighted by atomic mass is 9.96. The van der Waals surface area contributed by atoms with Gasteiger partial charge in [0.1, 0.15) is 11.4 Å². The second-order valence-electron chi connectivity index (χ2n) is 18.8. The van der Waals surface area contributed by atoms with E-state index in [1.165, 1.54) is 12.1 Å². The number of rotatable bonds is 21. The fourth-order valence-corrected chi connectivity index (χ4v) is 11.4. The molecule has 15 nitrogen and oxygen atoms in total. The van der Waals surface area contributed by atoms with Crippen molar-refractivity contribution >= 4 is 67.7 Å². The molecular formula is C54H65ClN10O5S2. The van der Waals surface area contributed by atoms with E-state index in [0.717, 1.165) is 123 Å². The number of piperazine rings is 2. The smallest absolute Gasteiger partial charge is 0.293 e. The average molecular weight is 1030 g/mol. The number of nitro groups is 1. The van der Waals surface area contributed by atoms with Gasteiger partial charge in [-0.2, -0.15) is 0 Å². The lowest BCUT2D eigenvalue weighted by Gasteiger charge is -2.37. The SMILES string of the molecule is CN(C)CC[C@H](CSc1ccccc1)Nc1ccc(S(=O)(=O)Nc2ccc(N3CCN(c4cccc(-c5c(-c6ccc(Cl)cc6)cn(C)c5C(=O)NCCCN5CCN(C)CC5)c4)CC3)cc2)cc1[N+](=O)[O-].